The number of carbonyl (C=O) groups is 2. The van der Waals surface area contributed by atoms with Crippen LogP contribution < -0.4 is 5.32 Å². The maximum Gasteiger partial charge on any atom is 0.317 e. The van der Waals surface area contributed by atoms with Crippen LogP contribution >= 0.6 is 11.6 Å². The van der Waals surface area contributed by atoms with Crippen LogP contribution in [0, 0.1) is 11.3 Å². The Kier molecular flexibility index (Phi) is 5.52. The Morgan fingerprint density at radius 1 is 1.43 bits per heavy atom. The second-order valence-corrected chi connectivity index (χ2v) is 7.02. The SMILES string of the molecule is CC(CN(C)C(=O)NCC1(Cc2cccc(Cl)c2)CC1)C(=O)O. The van der Waals surface area contributed by atoms with Crippen LogP contribution in [0.2, 0.25) is 5.02 Å². The fourth-order valence-electron chi connectivity index (χ4n) is 2.64. The topological polar surface area (TPSA) is 69.6 Å². The molecule has 5 nitrogen and oxygen atoms in total. The molecule has 0 bridgehead atoms. The second kappa shape index (κ2) is 7.21. The van der Waals surface area contributed by atoms with Gasteiger partial charge in [-0.3, -0.25) is 4.79 Å². The van der Waals surface area contributed by atoms with E-state index in [0.29, 0.717) is 6.54 Å². The van der Waals surface area contributed by atoms with Crippen LogP contribution in [0.5, 0.6) is 0 Å². The molecule has 2 rings (SSSR count). The van der Waals surface area contributed by atoms with Gasteiger partial charge in [-0.15, -0.1) is 0 Å². The largest absolute Gasteiger partial charge is 0.481 e. The lowest BCUT2D eigenvalue weighted by atomic mass is 9.96. The number of hydrogen-bond donors (Lipinski definition) is 2. The highest BCUT2D eigenvalue weighted by Gasteiger charge is 2.42. The van der Waals surface area contributed by atoms with Gasteiger partial charge in [0, 0.05) is 25.2 Å². The summed E-state index contributed by atoms with van der Waals surface area (Å²) < 4.78 is 0. The first-order valence-corrected chi connectivity index (χ1v) is 8.15. The summed E-state index contributed by atoms with van der Waals surface area (Å²) in [6.07, 6.45) is 3.05. The molecule has 0 saturated heterocycles. The van der Waals surface area contributed by atoms with Gasteiger partial charge in [0.15, 0.2) is 0 Å². The average molecular weight is 339 g/mol. The van der Waals surface area contributed by atoms with Crippen molar-refractivity contribution in [1.29, 1.82) is 0 Å². The predicted molar refractivity (Wildman–Crippen MR) is 89.7 cm³/mol. The highest BCUT2D eigenvalue weighted by molar-refractivity contribution is 6.30. The average Bonchev–Trinajstić information content (AvgIpc) is 3.24. The maximum absolute atomic E-state index is 12.1. The van der Waals surface area contributed by atoms with Crippen LogP contribution in [0.25, 0.3) is 0 Å². The zero-order valence-electron chi connectivity index (χ0n) is 13.5. The third-order valence-electron chi connectivity index (χ3n) is 4.36. The van der Waals surface area contributed by atoms with Gasteiger partial charge < -0.3 is 15.3 Å². The molecule has 0 aromatic heterocycles. The highest BCUT2D eigenvalue weighted by Crippen LogP contribution is 2.48. The third-order valence-corrected chi connectivity index (χ3v) is 4.59. The van der Waals surface area contributed by atoms with Crippen molar-refractivity contribution in [3.05, 3.63) is 34.9 Å². The van der Waals surface area contributed by atoms with Gasteiger partial charge in [0.2, 0.25) is 0 Å². The molecule has 1 atom stereocenters. The zero-order valence-corrected chi connectivity index (χ0v) is 14.3. The Bertz CT molecular complexity index is 587. The Labute approximate surface area is 141 Å². The van der Waals surface area contributed by atoms with Gasteiger partial charge in [-0.05, 0) is 42.4 Å². The van der Waals surface area contributed by atoms with Crippen molar-refractivity contribution >= 4 is 23.6 Å². The Morgan fingerprint density at radius 2 is 2.13 bits per heavy atom. The number of hydrogen-bond acceptors (Lipinski definition) is 2. The van der Waals surface area contributed by atoms with Crippen molar-refractivity contribution in [1.82, 2.24) is 10.2 Å². The zero-order chi connectivity index (χ0) is 17.0. The number of rotatable bonds is 7. The number of carbonyl (C=O) groups excluding carboxylic acids is 1. The van der Waals surface area contributed by atoms with Crippen LogP contribution in [0.15, 0.2) is 24.3 Å². The number of carboxylic acids is 1. The molecular weight excluding hydrogens is 316 g/mol. The summed E-state index contributed by atoms with van der Waals surface area (Å²) in [5.74, 6) is -1.48. The van der Waals surface area contributed by atoms with E-state index in [-0.39, 0.29) is 18.0 Å². The number of nitrogens with one attached hydrogen (secondary N) is 1. The summed E-state index contributed by atoms with van der Waals surface area (Å²) in [7, 11) is 1.62. The maximum atomic E-state index is 12.1. The molecule has 2 N–H and O–H groups in total. The smallest absolute Gasteiger partial charge is 0.317 e. The van der Waals surface area contributed by atoms with E-state index in [1.807, 2.05) is 18.2 Å². The molecule has 1 aliphatic rings. The molecule has 0 spiro atoms. The van der Waals surface area contributed by atoms with Crippen molar-refractivity contribution in [3.63, 3.8) is 0 Å². The molecule has 1 saturated carbocycles. The fourth-order valence-corrected chi connectivity index (χ4v) is 2.86. The van der Waals surface area contributed by atoms with E-state index in [0.717, 1.165) is 24.3 Å². The minimum atomic E-state index is -0.899. The standard InChI is InChI=1S/C17H23ClN2O3/c1-12(15(21)22)10-20(2)16(23)19-11-17(6-7-17)9-13-4-3-5-14(18)8-13/h3-5,8,12H,6-7,9-11H2,1-2H3,(H,19,23)(H,21,22). The van der Waals surface area contributed by atoms with Gasteiger partial charge in [-0.25, -0.2) is 4.79 Å². The summed E-state index contributed by atoms with van der Waals surface area (Å²) in [4.78, 5) is 24.4. The summed E-state index contributed by atoms with van der Waals surface area (Å²) in [6.45, 7) is 2.39. The minimum absolute atomic E-state index is 0.111. The molecule has 1 aromatic rings. The molecule has 1 unspecified atom stereocenters. The first kappa shape index (κ1) is 17.6. The van der Waals surface area contributed by atoms with Gasteiger partial charge in [-0.2, -0.15) is 0 Å². The van der Waals surface area contributed by atoms with Gasteiger partial charge in [0.1, 0.15) is 0 Å². The van der Waals surface area contributed by atoms with Crippen molar-refractivity contribution in [2.45, 2.75) is 26.2 Å². The molecule has 0 radical (unpaired) electrons. The molecule has 2 amide bonds. The van der Waals surface area contributed by atoms with Crippen LogP contribution in [0.3, 0.4) is 0 Å². The molecule has 6 heteroatoms. The highest BCUT2D eigenvalue weighted by atomic mass is 35.5. The van der Waals surface area contributed by atoms with E-state index in [4.69, 9.17) is 16.7 Å². The minimum Gasteiger partial charge on any atom is -0.481 e. The van der Waals surface area contributed by atoms with E-state index in [2.05, 4.69) is 11.4 Å². The Morgan fingerprint density at radius 3 is 2.70 bits per heavy atom. The normalized spacial score (nSPS) is 16.5. The van der Waals surface area contributed by atoms with E-state index in [1.165, 1.54) is 10.5 Å². The number of halogens is 1. The van der Waals surface area contributed by atoms with Gasteiger partial charge >= 0.3 is 12.0 Å². The monoisotopic (exact) mass is 338 g/mol. The Balaban J connectivity index is 1.82. The number of amides is 2. The molecule has 1 fully saturated rings. The van der Waals surface area contributed by atoms with Crippen molar-refractivity contribution in [2.75, 3.05) is 20.1 Å². The lowest BCUT2D eigenvalue weighted by molar-refractivity contribution is -0.141. The van der Waals surface area contributed by atoms with E-state index < -0.39 is 11.9 Å². The summed E-state index contributed by atoms with van der Waals surface area (Å²) in [5.41, 5.74) is 1.29. The van der Waals surface area contributed by atoms with Gasteiger partial charge in [0.25, 0.3) is 0 Å². The fraction of sp³-hybridized carbons (Fsp3) is 0.529. The van der Waals surface area contributed by atoms with Gasteiger partial charge in [-0.1, -0.05) is 30.7 Å². The molecule has 1 aromatic carbocycles. The third kappa shape index (κ3) is 5.13. The van der Waals surface area contributed by atoms with Crippen molar-refractivity contribution in [2.24, 2.45) is 11.3 Å². The summed E-state index contributed by atoms with van der Waals surface area (Å²) >= 11 is 6.01. The first-order valence-electron chi connectivity index (χ1n) is 7.77. The van der Waals surface area contributed by atoms with Crippen LogP contribution in [0.4, 0.5) is 4.79 Å². The van der Waals surface area contributed by atoms with Crippen molar-refractivity contribution in [3.8, 4) is 0 Å². The Hall–Kier alpha value is -1.75. The van der Waals surface area contributed by atoms with Crippen LogP contribution in [-0.2, 0) is 11.2 Å². The number of benzene rings is 1. The summed E-state index contributed by atoms with van der Waals surface area (Å²) in [6, 6.07) is 7.58. The number of carboxylic acid groups (broad SMARTS) is 1. The second-order valence-electron chi connectivity index (χ2n) is 6.59. The lowest BCUT2D eigenvalue weighted by Crippen LogP contribution is -2.43. The molecule has 126 valence electrons. The predicted octanol–water partition coefficient (Wildman–Crippen LogP) is 3.02. The van der Waals surface area contributed by atoms with E-state index in [9.17, 15) is 9.59 Å². The number of urea groups is 1. The molecule has 0 heterocycles. The van der Waals surface area contributed by atoms with Gasteiger partial charge in [0.05, 0.1) is 5.92 Å². The molecule has 1 aliphatic carbocycles. The first-order chi connectivity index (χ1) is 10.8. The molecule has 23 heavy (non-hydrogen) atoms. The number of aliphatic carboxylic acids is 1. The van der Waals surface area contributed by atoms with E-state index >= 15 is 0 Å². The summed E-state index contributed by atoms with van der Waals surface area (Å²) in [5, 5.41) is 12.6. The molecule has 0 aliphatic heterocycles. The van der Waals surface area contributed by atoms with Crippen LogP contribution in [-0.4, -0.2) is 42.1 Å². The quantitative estimate of drug-likeness (QED) is 0.802. The van der Waals surface area contributed by atoms with E-state index in [1.54, 1.807) is 14.0 Å². The van der Waals surface area contributed by atoms with Crippen molar-refractivity contribution < 1.29 is 14.7 Å². The lowest BCUT2D eigenvalue weighted by Gasteiger charge is -2.22. The number of nitrogens with zero attached hydrogens (tertiary/aromatic N) is 1. The van der Waals surface area contributed by atoms with Crippen LogP contribution in [0.1, 0.15) is 25.3 Å². The molecular formula is C17H23ClN2O3.